The van der Waals surface area contributed by atoms with Gasteiger partial charge in [0.25, 0.3) is 5.91 Å². The van der Waals surface area contributed by atoms with Crippen LogP contribution in [-0.4, -0.2) is 48.1 Å². The Morgan fingerprint density at radius 3 is 2.44 bits per heavy atom. The van der Waals surface area contributed by atoms with Crippen molar-refractivity contribution in [2.24, 2.45) is 5.73 Å². The predicted molar refractivity (Wildman–Crippen MR) is 143 cm³/mol. The van der Waals surface area contributed by atoms with Crippen molar-refractivity contribution in [2.75, 3.05) is 26.3 Å². The lowest BCUT2D eigenvalue weighted by molar-refractivity contribution is -0.137. The van der Waals surface area contributed by atoms with Crippen molar-refractivity contribution in [2.45, 2.75) is 50.5 Å². The van der Waals surface area contributed by atoms with Gasteiger partial charge in [-0.3, -0.25) is 14.7 Å². The van der Waals surface area contributed by atoms with Crippen molar-refractivity contribution in [1.29, 1.82) is 0 Å². The molecule has 1 atom stereocenters. The van der Waals surface area contributed by atoms with Gasteiger partial charge in [-0.15, -0.1) is 0 Å². The van der Waals surface area contributed by atoms with E-state index in [2.05, 4.69) is 15.2 Å². The Kier molecular flexibility index (Phi) is 8.02. The van der Waals surface area contributed by atoms with Crippen LogP contribution < -0.4 is 11.1 Å². The van der Waals surface area contributed by atoms with Crippen molar-refractivity contribution < 1.29 is 22.7 Å². The van der Waals surface area contributed by atoms with E-state index >= 15 is 0 Å². The Labute approximate surface area is 226 Å². The van der Waals surface area contributed by atoms with E-state index in [1.807, 2.05) is 31.2 Å². The summed E-state index contributed by atoms with van der Waals surface area (Å²) in [6.45, 7) is 5.70. The molecule has 2 fully saturated rings. The van der Waals surface area contributed by atoms with Crippen molar-refractivity contribution in [3.63, 3.8) is 0 Å². The van der Waals surface area contributed by atoms with Gasteiger partial charge in [0, 0.05) is 12.7 Å². The SMILES string of the molecule is C[C@@H](NC(=O)c1cc(C2CCN(C3COC3)CC2)ccn1)c1ccc(-c2cc(C(F)(F)F)ccc2CN)cc1. The number of nitrogens with zero attached hydrogens (tertiary/aromatic N) is 2. The fourth-order valence-corrected chi connectivity index (χ4v) is 5.36. The molecule has 3 N–H and O–H groups in total. The highest BCUT2D eigenvalue weighted by molar-refractivity contribution is 5.92. The second-order valence-electron chi connectivity index (χ2n) is 10.4. The number of hydrogen-bond donors (Lipinski definition) is 2. The molecule has 0 radical (unpaired) electrons. The minimum absolute atomic E-state index is 0.127. The number of amides is 1. The number of likely N-dealkylation sites (tertiary alicyclic amines) is 1. The zero-order valence-electron chi connectivity index (χ0n) is 21.9. The molecule has 0 spiro atoms. The van der Waals surface area contributed by atoms with Crippen LogP contribution in [0.4, 0.5) is 13.2 Å². The van der Waals surface area contributed by atoms with Crippen LogP contribution in [0.1, 0.15) is 64.5 Å². The third-order valence-corrected chi connectivity index (χ3v) is 7.88. The Bertz CT molecular complexity index is 1300. The van der Waals surface area contributed by atoms with Crippen molar-refractivity contribution in [3.05, 3.63) is 88.7 Å². The lowest BCUT2D eigenvalue weighted by atomic mass is 9.89. The van der Waals surface area contributed by atoms with Gasteiger partial charge < -0.3 is 15.8 Å². The van der Waals surface area contributed by atoms with Crippen LogP contribution in [0, 0.1) is 0 Å². The lowest BCUT2D eigenvalue weighted by Gasteiger charge is -2.41. The van der Waals surface area contributed by atoms with Crippen molar-refractivity contribution in [3.8, 4) is 11.1 Å². The first-order valence-corrected chi connectivity index (χ1v) is 13.3. The van der Waals surface area contributed by atoms with Gasteiger partial charge in [-0.1, -0.05) is 30.3 Å². The maximum atomic E-state index is 13.3. The molecule has 1 aromatic heterocycles. The molecule has 9 heteroatoms. The van der Waals surface area contributed by atoms with Gasteiger partial charge in [-0.2, -0.15) is 13.2 Å². The van der Waals surface area contributed by atoms with Gasteiger partial charge in [0.1, 0.15) is 5.69 Å². The number of nitrogens with two attached hydrogens (primary N) is 1. The first-order chi connectivity index (χ1) is 18.7. The molecule has 2 aromatic carbocycles. The second-order valence-corrected chi connectivity index (χ2v) is 10.4. The minimum atomic E-state index is -4.44. The summed E-state index contributed by atoms with van der Waals surface area (Å²) in [4.78, 5) is 19.8. The molecule has 3 aromatic rings. The van der Waals surface area contributed by atoms with Gasteiger partial charge >= 0.3 is 6.18 Å². The highest BCUT2D eigenvalue weighted by atomic mass is 19.4. The maximum Gasteiger partial charge on any atom is 0.416 e. The standard InChI is InChI=1S/C30H33F3N4O2/c1-19(20-2-4-22(5-3-20)27-15-25(30(31,32)33)7-6-24(27)16-34)36-29(38)28-14-23(8-11-35-28)21-9-12-37(13-10-21)26-17-39-18-26/h2-8,11,14-15,19,21,26H,9-10,12-13,16-18,34H2,1H3,(H,36,38)/t19-/m1/s1. The first-order valence-electron chi connectivity index (χ1n) is 13.3. The molecule has 0 aliphatic carbocycles. The van der Waals surface area contributed by atoms with Gasteiger partial charge in [0.2, 0.25) is 0 Å². The van der Waals surface area contributed by atoms with Crippen LogP contribution >= 0.6 is 0 Å². The van der Waals surface area contributed by atoms with Crippen LogP contribution in [0.5, 0.6) is 0 Å². The smallest absolute Gasteiger partial charge is 0.378 e. The number of ether oxygens (including phenoxy) is 1. The van der Waals surface area contributed by atoms with E-state index in [0.717, 1.165) is 62.4 Å². The summed E-state index contributed by atoms with van der Waals surface area (Å²) in [7, 11) is 0. The molecule has 0 bridgehead atoms. The van der Waals surface area contributed by atoms with Crippen LogP contribution in [0.15, 0.2) is 60.8 Å². The fourth-order valence-electron chi connectivity index (χ4n) is 5.36. The molecule has 206 valence electrons. The van der Waals surface area contributed by atoms with Crippen molar-refractivity contribution in [1.82, 2.24) is 15.2 Å². The average Bonchev–Trinajstić information content (AvgIpc) is 2.92. The summed E-state index contributed by atoms with van der Waals surface area (Å²) in [5.74, 6) is 0.136. The number of halogens is 3. The van der Waals surface area contributed by atoms with Crippen LogP contribution in [0.3, 0.4) is 0 Å². The number of alkyl halides is 3. The third-order valence-electron chi connectivity index (χ3n) is 7.88. The number of hydrogen-bond acceptors (Lipinski definition) is 5. The molecule has 2 saturated heterocycles. The van der Waals surface area contributed by atoms with Gasteiger partial charge in [-0.25, -0.2) is 0 Å². The van der Waals surface area contributed by atoms with E-state index in [0.29, 0.717) is 34.3 Å². The highest BCUT2D eigenvalue weighted by Crippen LogP contribution is 2.35. The Morgan fingerprint density at radius 2 is 1.82 bits per heavy atom. The first kappa shape index (κ1) is 27.3. The highest BCUT2D eigenvalue weighted by Gasteiger charge is 2.32. The second kappa shape index (κ2) is 11.5. The molecule has 3 heterocycles. The van der Waals surface area contributed by atoms with E-state index in [9.17, 15) is 18.0 Å². The van der Waals surface area contributed by atoms with Crippen LogP contribution in [0.25, 0.3) is 11.1 Å². The monoisotopic (exact) mass is 538 g/mol. The number of nitrogens with one attached hydrogen (secondary N) is 1. The number of benzene rings is 2. The number of rotatable bonds is 7. The number of carbonyl (C=O) groups is 1. The average molecular weight is 539 g/mol. The predicted octanol–water partition coefficient (Wildman–Crippen LogP) is 5.30. The normalized spacial score (nSPS) is 18.0. The molecule has 1 amide bonds. The lowest BCUT2D eigenvalue weighted by Crippen LogP contribution is -2.51. The molecular weight excluding hydrogens is 505 g/mol. The summed E-state index contributed by atoms with van der Waals surface area (Å²) in [6.07, 6.45) is -0.654. The largest absolute Gasteiger partial charge is 0.416 e. The topological polar surface area (TPSA) is 80.5 Å². The number of pyridine rings is 1. The van der Waals surface area contributed by atoms with Gasteiger partial charge in [0.15, 0.2) is 0 Å². The van der Waals surface area contributed by atoms with Gasteiger partial charge in [0.05, 0.1) is 30.9 Å². The van der Waals surface area contributed by atoms with E-state index < -0.39 is 11.7 Å². The van der Waals surface area contributed by atoms with Crippen LogP contribution in [-0.2, 0) is 17.5 Å². The quantitative estimate of drug-likeness (QED) is 0.427. The van der Waals surface area contributed by atoms with Gasteiger partial charge in [-0.05, 0) is 90.9 Å². The molecule has 39 heavy (non-hydrogen) atoms. The summed E-state index contributed by atoms with van der Waals surface area (Å²) in [5, 5.41) is 3.00. The van der Waals surface area contributed by atoms with Crippen molar-refractivity contribution >= 4 is 5.91 Å². The number of carbonyl (C=O) groups excluding carboxylic acids is 1. The molecule has 0 unspecified atom stereocenters. The van der Waals surface area contributed by atoms with Crippen LogP contribution in [0.2, 0.25) is 0 Å². The Hall–Kier alpha value is -3.27. The third kappa shape index (κ3) is 6.16. The molecule has 0 saturated carbocycles. The summed E-state index contributed by atoms with van der Waals surface area (Å²) in [5.41, 5.74) is 9.11. The molecule has 2 aliphatic heterocycles. The molecule has 5 rings (SSSR count). The zero-order valence-corrected chi connectivity index (χ0v) is 21.9. The maximum absolute atomic E-state index is 13.3. The Morgan fingerprint density at radius 1 is 1.10 bits per heavy atom. The summed E-state index contributed by atoms with van der Waals surface area (Å²) in [6, 6.07) is 14.9. The fraction of sp³-hybridized carbons (Fsp3) is 0.400. The van der Waals surface area contributed by atoms with E-state index in [4.69, 9.17) is 10.5 Å². The number of aromatic nitrogens is 1. The minimum Gasteiger partial charge on any atom is -0.378 e. The molecular formula is C30H33F3N4O2. The summed E-state index contributed by atoms with van der Waals surface area (Å²) < 4.78 is 45.1. The molecule has 6 nitrogen and oxygen atoms in total. The Balaban J connectivity index is 1.24. The van der Waals surface area contributed by atoms with E-state index in [1.165, 1.54) is 6.07 Å². The zero-order chi connectivity index (χ0) is 27.6. The molecule has 2 aliphatic rings. The number of piperidine rings is 1. The van der Waals surface area contributed by atoms with E-state index in [-0.39, 0.29) is 18.5 Å². The summed E-state index contributed by atoms with van der Waals surface area (Å²) >= 11 is 0. The van der Waals surface area contributed by atoms with E-state index in [1.54, 1.807) is 18.3 Å².